The monoisotopic (exact) mass is 249 g/mol. The first-order valence-corrected chi connectivity index (χ1v) is 5.82. The van der Waals surface area contributed by atoms with Gasteiger partial charge in [0.15, 0.2) is 0 Å². The normalized spacial score (nSPS) is 14.9. The minimum absolute atomic E-state index is 0.0465. The van der Waals surface area contributed by atoms with Crippen molar-refractivity contribution in [3.8, 4) is 0 Å². The summed E-state index contributed by atoms with van der Waals surface area (Å²) in [4.78, 5) is 21.9. The van der Waals surface area contributed by atoms with Crippen molar-refractivity contribution in [3.63, 3.8) is 0 Å². The van der Waals surface area contributed by atoms with Gasteiger partial charge in [-0.15, -0.1) is 0 Å². The second-order valence-electron chi connectivity index (χ2n) is 4.53. The number of carbonyl (C=O) groups is 1. The summed E-state index contributed by atoms with van der Waals surface area (Å²) in [6, 6.07) is 4.59. The Hall–Kier alpha value is -1.95. The number of nitrogens with zero attached hydrogens (tertiary/aromatic N) is 1. The number of anilines is 1. The molecule has 2 N–H and O–H groups in total. The van der Waals surface area contributed by atoms with Gasteiger partial charge in [0.2, 0.25) is 5.91 Å². The highest BCUT2D eigenvalue weighted by atomic mass is 16.6. The standard InChI is InChI=1S/C12H15N3O3/c1-8-4-10(2-3-11(8)15(17)18)14-12(16)5-9-6-13-7-9/h2-4,9,13H,5-7H2,1H3,(H,14,16). The van der Waals surface area contributed by atoms with Crippen LogP contribution in [0.15, 0.2) is 18.2 Å². The zero-order valence-electron chi connectivity index (χ0n) is 10.1. The fraction of sp³-hybridized carbons (Fsp3) is 0.417. The highest BCUT2D eigenvalue weighted by Crippen LogP contribution is 2.22. The Bertz CT molecular complexity index is 483. The first-order valence-electron chi connectivity index (χ1n) is 5.82. The zero-order chi connectivity index (χ0) is 13.1. The van der Waals surface area contributed by atoms with E-state index in [2.05, 4.69) is 10.6 Å². The molecule has 1 aliphatic rings. The molecule has 1 aromatic rings. The van der Waals surface area contributed by atoms with E-state index < -0.39 is 4.92 Å². The van der Waals surface area contributed by atoms with Crippen molar-refractivity contribution in [2.75, 3.05) is 18.4 Å². The van der Waals surface area contributed by atoms with E-state index in [0.717, 1.165) is 13.1 Å². The van der Waals surface area contributed by atoms with E-state index >= 15 is 0 Å². The second-order valence-corrected chi connectivity index (χ2v) is 4.53. The lowest BCUT2D eigenvalue weighted by molar-refractivity contribution is -0.385. The Morgan fingerprint density at radius 1 is 1.56 bits per heavy atom. The topological polar surface area (TPSA) is 84.3 Å². The molecule has 0 bridgehead atoms. The quantitative estimate of drug-likeness (QED) is 0.624. The molecule has 1 fully saturated rings. The maximum atomic E-state index is 11.7. The van der Waals surface area contributed by atoms with Gasteiger partial charge in [-0.1, -0.05) is 0 Å². The molecule has 96 valence electrons. The first-order chi connectivity index (χ1) is 8.56. The predicted molar refractivity (Wildman–Crippen MR) is 67.4 cm³/mol. The lowest BCUT2D eigenvalue weighted by Gasteiger charge is -2.26. The van der Waals surface area contributed by atoms with Gasteiger partial charge >= 0.3 is 0 Å². The van der Waals surface area contributed by atoms with Crippen LogP contribution in [-0.4, -0.2) is 23.9 Å². The third kappa shape index (κ3) is 2.84. The Balaban J connectivity index is 1.98. The number of nitrogens with one attached hydrogen (secondary N) is 2. The SMILES string of the molecule is Cc1cc(NC(=O)CC2CNC2)ccc1[N+](=O)[O-]. The van der Waals surface area contributed by atoms with E-state index in [9.17, 15) is 14.9 Å². The molecule has 0 atom stereocenters. The van der Waals surface area contributed by atoms with Gasteiger partial charge in [0, 0.05) is 23.7 Å². The average Bonchev–Trinajstić information content (AvgIpc) is 2.23. The molecule has 0 aliphatic carbocycles. The highest BCUT2D eigenvalue weighted by Gasteiger charge is 2.20. The number of amides is 1. The van der Waals surface area contributed by atoms with Gasteiger partial charge in [-0.3, -0.25) is 14.9 Å². The van der Waals surface area contributed by atoms with Crippen LogP contribution >= 0.6 is 0 Å². The number of nitro benzene ring substituents is 1. The Kier molecular flexibility index (Phi) is 3.57. The summed E-state index contributed by atoms with van der Waals surface area (Å²) in [5.74, 6) is 0.360. The largest absolute Gasteiger partial charge is 0.326 e. The van der Waals surface area contributed by atoms with Gasteiger partial charge in [-0.05, 0) is 38.1 Å². The summed E-state index contributed by atoms with van der Waals surface area (Å²) in [5, 5.41) is 16.5. The zero-order valence-corrected chi connectivity index (χ0v) is 10.1. The molecule has 6 nitrogen and oxygen atoms in total. The third-order valence-corrected chi connectivity index (χ3v) is 3.02. The van der Waals surface area contributed by atoms with Crippen LogP contribution in [0.25, 0.3) is 0 Å². The summed E-state index contributed by atoms with van der Waals surface area (Å²) in [6.45, 7) is 3.42. The molecule has 1 heterocycles. The number of nitro groups is 1. The maximum absolute atomic E-state index is 11.7. The van der Waals surface area contributed by atoms with Crippen LogP contribution in [0.1, 0.15) is 12.0 Å². The smallest absolute Gasteiger partial charge is 0.272 e. The van der Waals surface area contributed by atoms with Crippen molar-refractivity contribution in [3.05, 3.63) is 33.9 Å². The van der Waals surface area contributed by atoms with E-state index in [1.165, 1.54) is 6.07 Å². The molecule has 1 saturated heterocycles. The molecule has 0 unspecified atom stereocenters. The highest BCUT2D eigenvalue weighted by molar-refractivity contribution is 5.91. The van der Waals surface area contributed by atoms with Crippen molar-refractivity contribution in [2.24, 2.45) is 5.92 Å². The van der Waals surface area contributed by atoms with Gasteiger partial charge in [0.05, 0.1) is 4.92 Å². The third-order valence-electron chi connectivity index (χ3n) is 3.02. The molecule has 0 radical (unpaired) electrons. The predicted octanol–water partition coefficient (Wildman–Crippen LogP) is 1.45. The van der Waals surface area contributed by atoms with Crippen LogP contribution in [0.2, 0.25) is 0 Å². The van der Waals surface area contributed by atoms with Crippen LogP contribution < -0.4 is 10.6 Å². The Labute approximate surface area is 105 Å². The van der Waals surface area contributed by atoms with Crippen molar-refractivity contribution in [1.29, 1.82) is 0 Å². The van der Waals surface area contributed by atoms with E-state index in [-0.39, 0.29) is 11.6 Å². The Morgan fingerprint density at radius 2 is 2.28 bits per heavy atom. The van der Waals surface area contributed by atoms with Gasteiger partial charge in [-0.2, -0.15) is 0 Å². The van der Waals surface area contributed by atoms with Crippen molar-refractivity contribution < 1.29 is 9.72 Å². The lowest BCUT2D eigenvalue weighted by Crippen LogP contribution is -2.43. The number of carbonyl (C=O) groups excluding carboxylic acids is 1. The molecule has 18 heavy (non-hydrogen) atoms. The number of rotatable bonds is 4. The van der Waals surface area contributed by atoms with Crippen molar-refractivity contribution in [1.82, 2.24) is 5.32 Å². The van der Waals surface area contributed by atoms with E-state index in [1.54, 1.807) is 19.1 Å². The number of aryl methyl sites for hydroxylation is 1. The number of hydrogen-bond acceptors (Lipinski definition) is 4. The molecule has 6 heteroatoms. The summed E-state index contributed by atoms with van der Waals surface area (Å²) in [5.41, 5.74) is 1.22. The first kappa shape index (κ1) is 12.5. The van der Waals surface area contributed by atoms with Gasteiger partial charge in [0.1, 0.15) is 0 Å². The Morgan fingerprint density at radius 3 is 2.78 bits per heavy atom. The van der Waals surface area contributed by atoms with Crippen LogP contribution in [-0.2, 0) is 4.79 Å². The number of hydrogen-bond donors (Lipinski definition) is 2. The van der Waals surface area contributed by atoms with E-state index in [4.69, 9.17) is 0 Å². The van der Waals surface area contributed by atoms with Crippen molar-refractivity contribution in [2.45, 2.75) is 13.3 Å². The molecular formula is C12H15N3O3. The van der Waals surface area contributed by atoms with Gasteiger partial charge in [-0.25, -0.2) is 0 Å². The summed E-state index contributed by atoms with van der Waals surface area (Å²) in [7, 11) is 0. The van der Waals surface area contributed by atoms with Crippen LogP contribution in [0.4, 0.5) is 11.4 Å². The molecule has 0 spiro atoms. The number of benzene rings is 1. The summed E-state index contributed by atoms with van der Waals surface area (Å²) in [6.07, 6.45) is 0.489. The molecule has 0 aromatic heterocycles. The molecule has 2 rings (SSSR count). The van der Waals surface area contributed by atoms with Crippen LogP contribution in [0, 0.1) is 23.0 Å². The van der Waals surface area contributed by atoms with Gasteiger partial charge < -0.3 is 10.6 Å². The minimum Gasteiger partial charge on any atom is -0.326 e. The fourth-order valence-electron chi connectivity index (χ4n) is 1.91. The minimum atomic E-state index is -0.430. The lowest BCUT2D eigenvalue weighted by atomic mass is 9.99. The van der Waals surface area contributed by atoms with Crippen LogP contribution in [0.3, 0.4) is 0 Å². The average molecular weight is 249 g/mol. The molecule has 1 aromatic carbocycles. The van der Waals surface area contributed by atoms with E-state index in [1.807, 2.05) is 0 Å². The van der Waals surface area contributed by atoms with Crippen LogP contribution in [0.5, 0.6) is 0 Å². The summed E-state index contributed by atoms with van der Waals surface area (Å²) >= 11 is 0. The molecule has 1 aliphatic heterocycles. The molecule has 0 saturated carbocycles. The molecular weight excluding hydrogens is 234 g/mol. The van der Waals surface area contributed by atoms with Crippen molar-refractivity contribution >= 4 is 17.3 Å². The fourth-order valence-corrected chi connectivity index (χ4v) is 1.91. The van der Waals surface area contributed by atoms with Gasteiger partial charge in [0.25, 0.3) is 5.69 Å². The van der Waals surface area contributed by atoms with E-state index in [0.29, 0.717) is 23.6 Å². The molecule has 1 amide bonds. The second kappa shape index (κ2) is 5.14. The summed E-state index contributed by atoms with van der Waals surface area (Å²) < 4.78 is 0. The maximum Gasteiger partial charge on any atom is 0.272 e.